The van der Waals surface area contributed by atoms with Crippen molar-refractivity contribution < 1.29 is 19.0 Å². The smallest absolute Gasteiger partial charge is 0.352 e. The molecule has 0 saturated carbocycles. The summed E-state index contributed by atoms with van der Waals surface area (Å²) in [6, 6.07) is 0. The van der Waals surface area contributed by atoms with Crippen LogP contribution in [0.25, 0.3) is 0 Å². The lowest BCUT2D eigenvalue weighted by Gasteiger charge is -1.93. The van der Waals surface area contributed by atoms with Gasteiger partial charge in [0.15, 0.2) is 16.4 Å². The third kappa shape index (κ3) is 1.37. The van der Waals surface area contributed by atoms with Gasteiger partial charge in [0.2, 0.25) is 0 Å². The first-order valence-electron chi connectivity index (χ1n) is 2.83. The molecule has 1 rings (SSSR count). The van der Waals surface area contributed by atoms with Crippen molar-refractivity contribution in [3.05, 3.63) is 15.0 Å². The summed E-state index contributed by atoms with van der Waals surface area (Å²) >= 11 is 5.95. The molecule has 0 bridgehead atoms. The van der Waals surface area contributed by atoms with Crippen molar-refractivity contribution in [3.8, 4) is 5.75 Å². The number of esters is 1. The van der Waals surface area contributed by atoms with E-state index in [1.807, 2.05) is 0 Å². The third-order valence-electron chi connectivity index (χ3n) is 1.16. The van der Waals surface area contributed by atoms with E-state index in [1.165, 1.54) is 0 Å². The van der Waals surface area contributed by atoms with E-state index in [9.17, 15) is 9.18 Å². The van der Waals surface area contributed by atoms with E-state index in [4.69, 9.17) is 16.7 Å². The van der Waals surface area contributed by atoms with Crippen molar-refractivity contribution in [1.29, 1.82) is 0 Å². The quantitative estimate of drug-likeness (QED) is 0.722. The Morgan fingerprint density at radius 1 is 1.75 bits per heavy atom. The highest BCUT2D eigenvalue weighted by Gasteiger charge is 2.22. The molecule has 3 nitrogen and oxygen atoms in total. The van der Waals surface area contributed by atoms with Crippen molar-refractivity contribution in [1.82, 2.24) is 0 Å². The van der Waals surface area contributed by atoms with Crippen LogP contribution in [0.15, 0.2) is 0 Å². The Hall–Kier alpha value is -0.810. The average molecular weight is 211 g/mol. The van der Waals surface area contributed by atoms with Crippen molar-refractivity contribution >= 4 is 28.9 Å². The fourth-order valence-corrected chi connectivity index (χ4v) is 1.65. The van der Waals surface area contributed by atoms with Gasteiger partial charge in [-0.15, -0.1) is 11.3 Å². The lowest BCUT2D eigenvalue weighted by atomic mass is 10.4. The molecule has 12 heavy (non-hydrogen) atoms. The molecule has 6 heteroatoms. The topological polar surface area (TPSA) is 46.5 Å². The molecule has 0 amide bonds. The Balaban J connectivity index is 3.17. The van der Waals surface area contributed by atoms with Gasteiger partial charge in [-0.05, 0) is 0 Å². The van der Waals surface area contributed by atoms with Gasteiger partial charge in [0.1, 0.15) is 4.34 Å². The summed E-state index contributed by atoms with van der Waals surface area (Å²) in [5, 5.41) is 8.97. The lowest BCUT2D eigenvalue weighted by Crippen LogP contribution is -1.97. The van der Waals surface area contributed by atoms with Gasteiger partial charge in [-0.1, -0.05) is 11.6 Å². The molecule has 1 N–H and O–H groups in total. The fraction of sp³-hybridized carbons (Fsp3) is 0.167. The highest BCUT2D eigenvalue weighted by molar-refractivity contribution is 7.18. The molecule has 1 heterocycles. The molecule has 0 aromatic carbocycles. The Morgan fingerprint density at radius 2 is 2.33 bits per heavy atom. The number of thiophene rings is 1. The van der Waals surface area contributed by atoms with Gasteiger partial charge in [-0.3, -0.25) is 0 Å². The number of halogens is 2. The largest absolute Gasteiger partial charge is 0.504 e. The zero-order chi connectivity index (χ0) is 9.30. The molecule has 0 atom stereocenters. The molecule has 0 spiro atoms. The molecular weight excluding hydrogens is 207 g/mol. The van der Waals surface area contributed by atoms with Crippen molar-refractivity contribution in [2.75, 3.05) is 7.11 Å². The van der Waals surface area contributed by atoms with Crippen molar-refractivity contribution in [3.63, 3.8) is 0 Å². The minimum Gasteiger partial charge on any atom is -0.504 e. The molecule has 0 aliphatic heterocycles. The zero-order valence-corrected chi connectivity index (χ0v) is 7.50. The van der Waals surface area contributed by atoms with Crippen LogP contribution in [-0.2, 0) is 4.74 Å². The van der Waals surface area contributed by atoms with Crippen molar-refractivity contribution in [2.24, 2.45) is 0 Å². The molecule has 0 aliphatic carbocycles. The van der Waals surface area contributed by atoms with Crippen LogP contribution in [0.2, 0.25) is 4.34 Å². The summed E-state index contributed by atoms with van der Waals surface area (Å²) in [7, 11) is 1.13. The SMILES string of the molecule is COC(=O)c1sc(Cl)c(F)c1O. The second-order valence-corrected chi connectivity index (χ2v) is 3.48. The number of ether oxygens (including phenoxy) is 1. The molecule has 0 aliphatic rings. The average Bonchev–Trinajstić information content (AvgIpc) is 2.32. The van der Waals surface area contributed by atoms with Gasteiger partial charge >= 0.3 is 5.97 Å². The van der Waals surface area contributed by atoms with Crippen LogP contribution in [0, 0.1) is 5.82 Å². The molecule has 66 valence electrons. The summed E-state index contributed by atoms with van der Waals surface area (Å²) in [5.74, 6) is -2.54. The van der Waals surface area contributed by atoms with E-state index in [2.05, 4.69) is 4.74 Å². The van der Waals surface area contributed by atoms with E-state index in [1.54, 1.807) is 0 Å². The normalized spacial score (nSPS) is 9.92. The van der Waals surface area contributed by atoms with E-state index in [-0.39, 0.29) is 9.21 Å². The molecule has 0 saturated heterocycles. The van der Waals surface area contributed by atoms with E-state index in [0.29, 0.717) is 11.3 Å². The standard InChI is InChI=1S/C6H4ClFO3S/c1-11-6(10)4-3(9)2(8)5(7)12-4/h9H,1H3. The maximum atomic E-state index is 12.7. The molecule has 1 aromatic rings. The second kappa shape index (κ2) is 3.28. The Labute approximate surface area is 76.3 Å². The third-order valence-corrected chi connectivity index (χ3v) is 2.48. The lowest BCUT2D eigenvalue weighted by molar-refractivity contribution is 0.0602. The number of carbonyl (C=O) groups is 1. The zero-order valence-electron chi connectivity index (χ0n) is 5.93. The molecule has 1 aromatic heterocycles. The number of hydrogen-bond donors (Lipinski definition) is 1. The van der Waals surface area contributed by atoms with Gasteiger partial charge in [-0.2, -0.15) is 0 Å². The number of rotatable bonds is 1. The predicted octanol–water partition coefficient (Wildman–Crippen LogP) is 2.03. The molecule has 0 fully saturated rings. The van der Waals surface area contributed by atoms with Crippen LogP contribution in [0.5, 0.6) is 5.75 Å². The van der Waals surface area contributed by atoms with Gasteiger partial charge < -0.3 is 9.84 Å². The molecule has 0 radical (unpaired) electrons. The number of aromatic hydroxyl groups is 1. The first-order chi connectivity index (χ1) is 5.57. The van der Waals surface area contributed by atoms with Gasteiger partial charge in [-0.25, -0.2) is 9.18 Å². The maximum Gasteiger partial charge on any atom is 0.352 e. The summed E-state index contributed by atoms with van der Waals surface area (Å²) in [6.45, 7) is 0. The summed E-state index contributed by atoms with van der Waals surface area (Å²) in [6.07, 6.45) is 0. The van der Waals surface area contributed by atoms with Crippen LogP contribution in [0.1, 0.15) is 9.67 Å². The van der Waals surface area contributed by atoms with Gasteiger partial charge in [0, 0.05) is 0 Å². The van der Waals surface area contributed by atoms with Crippen LogP contribution in [0.4, 0.5) is 4.39 Å². The summed E-state index contributed by atoms with van der Waals surface area (Å²) in [4.78, 5) is 10.6. The number of hydrogen-bond acceptors (Lipinski definition) is 4. The fourth-order valence-electron chi connectivity index (χ4n) is 0.607. The summed E-state index contributed by atoms with van der Waals surface area (Å²) in [5.41, 5.74) is 0. The summed E-state index contributed by atoms with van der Waals surface area (Å²) < 4.78 is 16.7. The minimum absolute atomic E-state index is 0.222. The number of methoxy groups -OCH3 is 1. The second-order valence-electron chi connectivity index (χ2n) is 1.86. The van der Waals surface area contributed by atoms with Crippen LogP contribution in [-0.4, -0.2) is 18.2 Å². The monoisotopic (exact) mass is 210 g/mol. The predicted molar refractivity (Wildman–Crippen MR) is 42.3 cm³/mol. The molecular formula is C6H4ClFO3S. The van der Waals surface area contributed by atoms with E-state index in [0.717, 1.165) is 7.11 Å². The van der Waals surface area contributed by atoms with E-state index < -0.39 is 17.5 Å². The van der Waals surface area contributed by atoms with E-state index >= 15 is 0 Å². The highest BCUT2D eigenvalue weighted by Crippen LogP contribution is 2.36. The first-order valence-corrected chi connectivity index (χ1v) is 4.02. The van der Waals surface area contributed by atoms with Gasteiger partial charge in [0.25, 0.3) is 0 Å². The molecule has 0 unspecified atom stereocenters. The van der Waals surface area contributed by atoms with Crippen LogP contribution in [0.3, 0.4) is 0 Å². The van der Waals surface area contributed by atoms with Gasteiger partial charge in [0.05, 0.1) is 7.11 Å². The Bertz CT molecular complexity index is 323. The highest BCUT2D eigenvalue weighted by atomic mass is 35.5. The Morgan fingerprint density at radius 3 is 2.67 bits per heavy atom. The van der Waals surface area contributed by atoms with Crippen LogP contribution < -0.4 is 0 Å². The van der Waals surface area contributed by atoms with Crippen LogP contribution >= 0.6 is 22.9 Å². The minimum atomic E-state index is -0.984. The first kappa shape index (κ1) is 9.28. The number of carbonyl (C=O) groups excluding carboxylic acids is 1. The maximum absolute atomic E-state index is 12.7. The Kier molecular flexibility index (Phi) is 2.54. The van der Waals surface area contributed by atoms with Crippen molar-refractivity contribution in [2.45, 2.75) is 0 Å².